The summed E-state index contributed by atoms with van der Waals surface area (Å²) in [5.74, 6) is 0.417. The standard InChI is InChI=1S/C23H18ClN5O2S/c24-18-13-11-16(12-14-18)20-15-21(17-7-3-1-4-8-17)29-23(25-20)26-22(27-29)28-32(30,31)19-9-5-2-6-10-19/h1-15,21H,(H2,25,26,27,28)/t21-/m1/s1. The molecule has 0 saturated heterocycles. The van der Waals surface area contributed by atoms with Gasteiger partial charge in [0.1, 0.15) is 6.04 Å². The van der Waals surface area contributed by atoms with Crippen molar-refractivity contribution in [2.24, 2.45) is 0 Å². The fourth-order valence-electron chi connectivity index (χ4n) is 3.50. The van der Waals surface area contributed by atoms with Gasteiger partial charge in [-0.15, -0.1) is 5.10 Å². The van der Waals surface area contributed by atoms with E-state index in [0.29, 0.717) is 11.0 Å². The fraction of sp³-hybridized carbons (Fsp3) is 0.0435. The van der Waals surface area contributed by atoms with Crippen molar-refractivity contribution in [3.05, 3.63) is 107 Å². The first kappa shape index (κ1) is 20.3. The number of rotatable bonds is 5. The first-order valence-corrected chi connectivity index (χ1v) is 11.7. The van der Waals surface area contributed by atoms with E-state index in [9.17, 15) is 8.42 Å². The van der Waals surface area contributed by atoms with Crippen LogP contribution in [-0.2, 0) is 10.0 Å². The van der Waals surface area contributed by atoms with Crippen LogP contribution < -0.4 is 10.0 Å². The van der Waals surface area contributed by atoms with Crippen LogP contribution in [0.4, 0.5) is 11.9 Å². The van der Waals surface area contributed by atoms with Crippen molar-refractivity contribution in [1.29, 1.82) is 0 Å². The molecule has 0 amide bonds. The molecule has 3 aromatic carbocycles. The minimum atomic E-state index is -3.81. The van der Waals surface area contributed by atoms with Crippen LogP contribution in [0.5, 0.6) is 0 Å². The maximum atomic E-state index is 12.7. The van der Waals surface area contributed by atoms with E-state index in [1.165, 1.54) is 12.1 Å². The highest BCUT2D eigenvalue weighted by Gasteiger charge is 2.27. The minimum Gasteiger partial charge on any atom is -0.324 e. The SMILES string of the molecule is O=S(=O)(Nc1nc2n(n1)[C@@H](c1ccccc1)C=C(c1ccc(Cl)cc1)N2)c1ccccc1. The highest BCUT2D eigenvalue weighted by atomic mass is 35.5. The number of hydrogen-bond donors (Lipinski definition) is 2. The van der Waals surface area contributed by atoms with Crippen LogP contribution >= 0.6 is 11.6 Å². The third-order valence-corrected chi connectivity index (χ3v) is 6.64. The molecule has 0 fully saturated rings. The highest BCUT2D eigenvalue weighted by molar-refractivity contribution is 7.92. The van der Waals surface area contributed by atoms with Crippen LogP contribution in [0.1, 0.15) is 17.2 Å². The molecule has 1 aliphatic rings. The van der Waals surface area contributed by atoms with E-state index in [-0.39, 0.29) is 16.9 Å². The summed E-state index contributed by atoms with van der Waals surface area (Å²) < 4.78 is 29.6. The lowest BCUT2D eigenvalue weighted by Crippen LogP contribution is -2.20. The van der Waals surface area contributed by atoms with E-state index in [0.717, 1.165) is 16.8 Å². The number of halogens is 1. The number of sulfonamides is 1. The Kier molecular flexibility index (Phi) is 5.16. The summed E-state index contributed by atoms with van der Waals surface area (Å²) in [5, 5.41) is 8.34. The van der Waals surface area contributed by atoms with Crippen molar-refractivity contribution in [3.8, 4) is 0 Å². The molecule has 0 aliphatic carbocycles. The zero-order valence-corrected chi connectivity index (χ0v) is 18.3. The predicted molar refractivity (Wildman–Crippen MR) is 125 cm³/mol. The molecule has 0 spiro atoms. The topological polar surface area (TPSA) is 88.9 Å². The third-order valence-electron chi connectivity index (χ3n) is 5.04. The molecule has 5 rings (SSSR count). The molecule has 0 bridgehead atoms. The Labute approximate surface area is 190 Å². The Morgan fingerprint density at radius 3 is 2.25 bits per heavy atom. The molecule has 0 radical (unpaired) electrons. The molecule has 9 heteroatoms. The summed E-state index contributed by atoms with van der Waals surface area (Å²) in [4.78, 5) is 4.55. The van der Waals surface area contributed by atoms with E-state index < -0.39 is 10.0 Å². The quantitative estimate of drug-likeness (QED) is 0.444. The van der Waals surface area contributed by atoms with E-state index in [4.69, 9.17) is 11.6 Å². The number of benzene rings is 3. The van der Waals surface area contributed by atoms with Gasteiger partial charge >= 0.3 is 0 Å². The number of allylic oxidation sites excluding steroid dienone is 1. The maximum Gasteiger partial charge on any atom is 0.264 e. The molecule has 2 heterocycles. The van der Waals surface area contributed by atoms with Crippen LogP contribution in [0, 0.1) is 0 Å². The number of nitrogens with zero attached hydrogens (tertiary/aromatic N) is 3. The average Bonchev–Trinajstić information content (AvgIpc) is 3.21. The molecule has 1 atom stereocenters. The number of aromatic nitrogens is 3. The Bertz CT molecular complexity index is 1390. The lowest BCUT2D eigenvalue weighted by molar-refractivity contribution is 0.598. The van der Waals surface area contributed by atoms with Gasteiger partial charge in [0.25, 0.3) is 16.0 Å². The van der Waals surface area contributed by atoms with Gasteiger partial charge in [0, 0.05) is 10.7 Å². The molecule has 2 N–H and O–H groups in total. The Hall–Kier alpha value is -3.62. The first-order valence-electron chi connectivity index (χ1n) is 9.84. The molecule has 4 aromatic rings. The molecular weight excluding hydrogens is 446 g/mol. The molecular formula is C23H18ClN5O2S. The molecule has 0 saturated carbocycles. The van der Waals surface area contributed by atoms with Gasteiger partial charge in [-0.25, -0.2) is 17.8 Å². The summed E-state index contributed by atoms with van der Waals surface area (Å²) in [5.41, 5.74) is 2.74. The molecule has 0 unspecified atom stereocenters. The van der Waals surface area contributed by atoms with E-state index in [2.05, 4.69) is 20.1 Å². The molecule has 7 nitrogen and oxygen atoms in total. The lowest BCUT2D eigenvalue weighted by atomic mass is 10.0. The van der Waals surface area contributed by atoms with Gasteiger partial charge in [-0.05, 0) is 41.5 Å². The van der Waals surface area contributed by atoms with Gasteiger partial charge < -0.3 is 5.32 Å². The lowest BCUT2D eigenvalue weighted by Gasteiger charge is -2.24. The van der Waals surface area contributed by atoms with Crippen LogP contribution in [0.15, 0.2) is 95.9 Å². The molecule has 1 aliphatic heterocycles. The molecule has 1 aromatic heterocycles. The zero-order chi connectivity index (χ0) is 22.1. The second-order valence-corrected chi connectivity index (χ2v) is 9.31. The normalized spacial score (nSPS) is 15.4. The van der Waals surface area contributed by atoms with Gasteiger partial charge in [-0.2, -0.15) is 4.98 Å². The Balaban J connectivity index is 1.54. The predicted octanol–water partition coefficient (Wildman–Crippen LogP) is 4.79. The van der Waals surface area contributed by atoms with Gasteiger partial charge in [0.2, 0.25) is 5.95 Å². The number of hydrogen-bond acceptors (Lipinski definition) is 5. The van der Waals surface area contributed by atoms with Gasteiger partial charge in [0.15, 0.2) is 0 Å². The van der Waals surface area contributed by atoms with Crippen molar-refractivity contribution in [2.75, 3.05) is 10.0 Å². The van der Waals surface area contributed by atoms with Gasteiger partial charge in [0.05, 0.1) is 4.90 Å². The van der Waals surface area contributed by atoms with Crippen molar-refractivity contribution in [2.45, 2.75) is 10.9 Å². The highest BCUT2D eigenvalue weighted by Crippen LogP contribution is 2.33. The summed E-state index contributed by atoms with van der Waals surface area (Å²) in [6.45, 7) is 0. The van der Waals surface area contributed by atoms with Crippen LogP contribution in [0.3, 0.4) is 0 Å². The van der Waals surface area contributed by atoms with Crippen LogP contribution in [0.25, 0.3) is 5.70 Å². The van der Waals surface area contributed by atoms with Gasteiger partial charge in [-0.1, -0.05) is 72.3 Å². The average molecular weight is 464 g/mol. The molecule has 32 heavy (non-hydrogen) atoms. The smallest absolute Gasteiger partial charge is 0.264 e. The number of fused-ring (bicyclic) bond motifs is 1. The van der Waals surface area contributed by atoms with E-state index >= 15 is 0 Å². The minimum absolute atomic E-state index is 0.0111. The third kappa shape index (κ3) is 3.98. The van der Waals surface area contributed by atoms with Crippen LogP contribution in [-0.4, -0.2) is 23.2 Å². The Morgan fingerprint density at radius 1 is 0.906 bits per heavy atom. The van der Waals surface area contributed by atoms with E-state index in [1.807, 2.05) is 60.7 Å². The van der Waals surface area contributed by atoms with E-state index in [1.54, 1.807) is 22.9 Å². The van der Waals surface area contributed by atoms with Gasteiger partial charge in [-0.3, -0.25) is 0 Å². The van der Waals surface area contributed by atoms with Crippen molar-refractivity contribution < 1.29 is 8.42 Å². The summed E-state index contributed by atoms with van der Waals surface area (Å²) in [6.07, 6.45) is 2.02. The van der Waals surface area contributed by atoms with Crippen LogP contribution in [0.2, 0.25) is 5.02 Å². The second-order valence-electron chi connectivity index (χ2n) is 7.19. The van der Waals surface area contributed by atoms with Crippen molar-refractivity contribution >= 4 is 39.2 Å². The molecule has 160 valence electrons. The largest absolute Gasteiger partial charge is 0.324 e. The first-order chi connectivity index (χ1) is 15.5. The number of nitrogens with one attached hydrogen (secondary N) is 2. The van der Waals surface area contributed by atoms with Crippen molar-refractivity contribution in [3.63, 3.8) is 0 Å². The Morgan fingerprint density at radius 2 is 1.56 bits per heavy atom. The van der Waals surface area contributed by atoms with Crippen molar-refractivity contribution in [1.82, 2.24) is 14.8 Å². The summed E-state index contributed by atoms with van der Waals surface area (Å²) in [6, 6.07) is 25.1. The second kappa shape index (κ2) is 8.14. The summed E-state index contributed by atoms with van der Waals surface area (Å²) in [7, 11) is -3.81. The zero-order valence-electron chi connectivity index (χ0n) is 16.7. The maximum absolute atomic E-state index is 12.7. The fourth-order valence-corrected chi connectivity index (χ4v) is 4.59. The number of anilines is 2. The summed E-state index contributed by atoms with van der Waals surface area (Å²) >= 11 is 6.04. The monoisotopic (exact) mass is 463 g/mol.